The minimum absolute atomic E-state index is 0.471. The summed E-state index contributed by atoms with van der Waals surface area (Å²) in [5.74, 6) is 0. The zero-order valence-electron chi connectivity index (χ0n) is 14.8. The standard InChI is InChI=1S/C21H22N4O/c1-25-13-17(15-8-2-3-10-19(15)25)16-12-24-18-9-4-6-14(20(16)18)7-5-11-23-21(22)26/h2-4,6,8-10,12-13,24H,5,7,11H2,1H3,(H3,22,23,26). The first-order valence-electron chi connectivity index (χ1n) is 8.82. The molecule has 2 aromatic heterocycles. The van der Waals surface area contributed by atoms with Crippen LogP contribution in [0.5, 0.6) is 0 Å². The molecule has 26 heavy (non-hydrogen) atoms. The molecule has 0 radical (unpaired) electrons. The number of nitrogens with two attached hydrogens (primary N) is 1. The highest BCUT2D eigenvalue weighted by molar-refractivity contribution is 6.06. The van der Waals surface area contributed by atoms with Gasteiger partial charge >= 0.3 is 6.03 Å². The van der Waals surface area contributed by atoms with E-state index in [0.29, 0.717) is 6.54 Å². The molecule has 0 spiro atoms. The van der Waals surface area contributed by atoms with E-state index < -0.39 is 6.03 Å². The van der Waals surface area contributed by atoms with Crippen molar-refractivity contribution in [2.75, 3.05) is 6.54 Å². The molecule has 132 valence electrons. The van der Waals surface area contributed by atoms with Gasteiger partial charge in [0.05, 0.1) is 0 Å². The number of carbonyl (C=O) groups excluding carboxylic acids is 1. The SMILES string of the molecule is Cn1cc(-c2c[nH]c3cccc(CCCNC(N)=O)c23)c2ccccc21. The molecule has 4 rings (SSSR count). The van der Waals surface area contributed by atoms with E-state index in [1.165, 1.54) is 33.0 Å². The number of aromatic nitrogens is 2. The molecule has 0 bridgehead atoms. The Bertz CT molecular complexity index is 1090. The molecule has 2 aromatic carbocycles. The first-order chi connectivity index (χ1) is 12.6. The predicted octanol–water partition coefficient (Wildman–Crippen LogP) is 3.93. The fraction of sp³-hybridized carbons (Fsp3) is 0.190. The summed E-state index contributed by atoms with van der Waals surface area (Å²) in [6.45, 7) is 0.583. The Labute approximate surface area is 151 Å². The summed E-state index contributed by atoms with van der Waals surface area (Å²) >= 11 is 0. The van der Waals surface area contributed by atoms with E-state index in [1.54, 1.807) is 0 Å². The predicted molar refractivity (Wildman–Crippen MR) is 106 cm³/mol. The summed E-state index contributed by atoms with van der Waals surface area (Å²) in [7, 11) is 2.08. The molecule has 0 saturated heterocycles. The molecule has 0 aliphatic heterocycles. The lowest BCUT2D eigenvalue weighted by Gasteiger charge is -2.07. The van der Waals surface area contributed by atoms with Gasteiger partial charge in [0.2, 0.25) is 0 Å². The Hall–Kier alpha value is -3.21. The molecule has 0 aliphatic carbocycles. The normalized spacial score (nSPS) is 11.3. The number of carbonyl (C=O) groups is 1. The fourth-order valence-electron chi connectivity index (χ4n) is 3.73. The van der Waals surface area contributed by atoms with Crippen molar-refractivity contribution >= 4 is 27.8 Å². The highest BCUT2D eigenvalue weighted by atomic mass is 16.2. The largest absolute Gasteiger partial charge is 0.361 e. The van der Waals surface area contributed by atoms with E-state index >= 15 is 0 Å². The summed E-state index contributed by atoms with van der Waals surface area (Å²) in [5, 5.41) is 5.16. The van der Waals surface area contributed by atoms with E-state index in [9.17, 15) is 4.79 Å². The second-order valence-electron chi connectivity index (χ2n) is 6.61. The number of rotatable bonds is 5. The Morgan fingerprint density at radius 1 is 1.15 bits per heavy atom. The molecule has 0 saturated carbocycles. The van der Waals surface area contributed by atoms with E-state index in [0.717, 1.165) is 18.4 Å². The summed E-state index contributed by atoms with van der Waals surface area (Å²) in [4.78, 5) is 14.3. The lowest BCUT2D eigenvalue weighted by Crippen LogP contribution is -2.30. The van der Waals surface area contributed by atoms with Crippen LogP contribution in [0, 0.1) is 0 Å². The Morgan fingerprint density at radius 2 is 2.00 bits per heavy atom. The number of nitrogens with one attached hydrogen (secondary N) is 2. The minimum Gasteiger partial charge on any atom is -0.361 e. The van der Waals surface area contributed by atoms with Gasteiger partial charge in [-0.3, -0.25) is 0 Å². The Balaban J connectivity index is 1.77. The van der Waals surface area contributed by atoms with Gasteiger partial charge in [-0.15, -0.1) is 0 Å². The first-order valence-corrected chi connectivity index (χ1v) is 8.82. The van der Waals surface area contributed by atoms with Crippen LogP contribution in [-0.4, -0.2) is 22.1 Å². The number of urea groups is 1. The molecule has 4 N–H and O–H groups in total. The average Bonchev–Trinajstić information content (AvgIpc) is 3.21. The van der Waals surface area contributed by atoms with Crippen molar-refractivity contribution in [2.45, 2.75) is 12.8 Å². The molecule has 0 unspecified atom stereocenters. The van der Waals surface area contributed by atoms with Gasteiger partial charge in [0.15, 0.2) is 0 Å². The smallest absolute Gasteiger partial charge is 0.312 e. The van der Waals surface area contributed by atoms with E-state index in [4.69, 9.17) is 5.73 Å². The first kappa shape index (κ1) is 16.3. The third-order valence-electron chi connectivity index (χ3n) is 4.90. The molecular formula is C21H22N4O. The molecule has 2 heterocycles. The number of hydrogen-bond acceptors (Lipinski definition) is 1. The van der Waals surface area contributed by atoms with Gasteiger partial charge in [-0.2, -0.15) is 0 Å². The quantitative estimate of drug-likeness (QED) is 0.471. The molecule has 0 atom stereocenters. The topological polar surface area (TPSA) is 75.8 Å². The van der Waals surface area contributed by atoms with Crippen LogP contribution in [0.2, 0.25) is 0 Å². The Kier molecular flexibility index (Phi) is 4.13. The lowest BCUT2D eigenvalue weighted by atomic mass is 9.98. The van der Waals surface area contributed by atoms with Crippen molar-refractivity contribution < 1.29 is 4.79 Å². The zero-order chi connectivity index (χ0) is 18.1. The number of benzene rings is 2. The second-order valence-corrected chi connectivity index (χ2v) is 6.61. The van der Waals surface area contributed by atoms with Crippen LogP contribution in [0.1, 0.15) is 12.0 Å². The van der Waals surface area contributed by atoms with Crippen molar-refractivity contribution in [3.05, 3.63) is 60.4 Å². The molecule has 0 fully saturated rings. The third kappa shape index (κ3) is 2.81. The van der Waals surface area contributed by atoms with Gasteiger partial charge in [0.25, 0.3) is 0 Å². The maximum absolute atomic E-state index is 10.9. The monoisotopic (exact) mass is 346 g/mol. The van der Waals surface area contributed by atoms with Crippen molar-refractivity contribution in [2.24, 2.45) is 12.8 Å². The van der Waals surface area contributed by atoms with Gasteiger partial charge in [-0.25, -0.2) is 4.79 Å². The number of H-pyrrole nitrogens is 1. The zero-order valence-corrected chi connectivity index (χ0v) is 14.8. The van der Waals surface area contributed by atoms with Crippen LogP contribution in [0.4, 0.5) is 4.79 Å². The maximum atomic E-state index is 10.9. The molecule has 2 amide bonds. The second kappa shape index (κ2) is 6.59. The summed E-state index contributed by atoms with van der Waals surface area (Å²) < 4.78 is 2.17. The number of nitrogens with zero attached hydrogens (tertiary/aromatic N) is 1. The number of aromatic amines is 1. The van der Waals surface area contributed by atoms with Gasteiger partial charge in [0.1, 0.15) is 0 Å². The van der Waals surface area contributed by atoms with Crippen molar-refractivity contribution in [3.8, 4) is 11.1 Å². The van der Waals surface area contributed by atoms with Gasteiger partial charge in [-0.1, -0.05) is 30.3 Å². The number of amides is 2. The minimum atomic E-state index is -0.471. The van der Waals surface area contributed by atoms with Crippen LogP contribution in [-0.2, 0) is 13.5 Å². The molecule has 5 heteroatoms. The number of primary amides is 1. The van der Waals surface area contributed by atoms with Gasteiger partial charge < -0.3 is 20.6 Å². The van der Waals surface area contributed by atoms with Crippen molar-refractivity contribution in [3.63, 3.8) is 0 Å². The number of hydrogen-bond donors (Lipinski definition) is 3. The van der Waals surface area contributed by atoms with Crippen LogP contribution in [0.25, 0.3) is 32.9 Å². The molecule has 0 aliphatic rings. The van der Waals surface area contributed by atoms with Crippen LogP contribution < -0.4 is 11.1 Å². The fourth-order valence-corrected chi connectivity index (χ4v) is 3.73. The van der Waals surface area contributed by atoms with Gasteiger partial charge in [0, 0.05) is 58.9 Å². The van der Waals surface area contributed by atoms with E-state index in [-0.39, 0.29) is 0 Å². The third-order valence-corrected chi connectivity index (χ3v) is 4.90. The van der Waals surface area contributed by atoms with E-state index in [2.05, 4.69) is 76.8 Å². The van der Waals surface area contributed by atoms with Crippen LogP contribution in [0.15, 0.2) is 54.9 Å². The van der Waals surface area contributed by atoms with Crippen LogP contribution in [0.3, 0.4) is 0 Å². The summed E-state index contributed by atoms with van der Waals surface area (Å²) in [5.41, 5.74) is 11.2. The number of aryl methyl sites for hydroxylation is 2. The van der Waals surface area contributed by atoms with Crippen LogP contribution >= 0.6 is 0 Å². The van der Waals surface area contributed by atoms with E-state index in [1.807, 2.05) is 0 Å². The Morgan fingerprint density at radius 3 is 2.85 bits per heavy atom. The maximum Gasteiger partial charge on any atom is 0.312 e. The highest BCUT2D eigenvalue weighted by Crippen LogP contribution is 2.36. The van der Waals surface area contributed by atoms with Crippen molar-refractivity contribution in [1.82, 2.24) is 14.9 Å². The lowest BCUT2D eigenvalue weighted by molar-refractivity contribution is 0.249. The molecule has 5 nitrogen and oxygen atoms in total. The summed E-state index contributed by atoms with van der Waals surface area (Å²) in [6, 6.07) is 14.3. The number of para-hydroxylation sites is 1. The van der Waals surface area contributed by atoms with Crippen molar-refractivity contribution in [1.29, 1.82) is 0 Å². The highest BCUT2D eigenvalue weighted by Gasteiger charge is 2.14. The summed E-state index contributed by atoms with van der Waals surface area (Å²) in [6.07, 6.45) is 6.02. The number of fused-ring (bicyclic) bond motifs is 2. The average molecular weight is 346 g/mol. The van der Waals surface area contributed by atoms with Gasteiger partial charge in [-0.05, 0) is 30.5 Å². The molecular weight excluding hydrogens is 324 g/mol. The molecule has 4 aromatic rings.